The van der Waals surface area contributed by atoms with E-state index in [1.54, 1.807) is 18.2 Å². The van der Waals surface area contributed by atoms with Gasteiger partial charge in [-0.2, -0.15) is 0 Å². The summed E-state index contributed by atoms with van der Waals surface area (Å²) >= 11 is 0. The second kappa shape index (κ2) is 9.64. The van der Waals surface area contributed by atoms with Crippen molar-refractivity contribution in [3.63, 3.8) is 0 Å². The molecule has 0 heterocycles. The molecule has 1 fully saturated rings. The largest absolute Gasteiger partial charge is 0.491 e. The van der Waals surface area contributed by atoms with Crippen LogP contribution in [0.1, 0.15) is 32.1 Å². The fourth-order valence-electron chi connectivity index (χ4n) is 2.76. The average molecular weight is 331 g/mol. The lowest BCUT2D eigenvalue weighted by Crippen LogP contribution is -2.39. The number of hydrogen-bond donors (Lipinski definition) is 2. The lowest BCUT2D eigenvalue weighted by molar-refractivity contribution is -0.122. The summed E-state index contributed by atoms with van der Waals surface area (Å²) in [5, 5.41) is 3.04. The van der Waals surface area contributed by atoms with Gasteiger partial charge in [0, 0.05) is 12.5 Å². The molecule has 6 heteroatoms. The Kier molecular flexibility index (Phi) is 8.20. The molecule has 0 radical (unpaired) electrons. The predicted octanol–water partition coefficient (Wildman–Crippen LogP) is 2.65. The highest BCUT2D eigenvalue weighted by Gasteiger charge is 2.26. The van der Waals surface area contributed by atoms with E-state index in [2.05, 4.69) is 5.32 Å². The molecule has 3 N–H and O–H groups in total. The first-order valence-corrected chi connectivity index (χ1v) is 7.57. The van der Waals surface area contributed by atoms with Crippen molar-refractivity contribution < 1.29 is 13.9 Å². The van der Waals surface area contributed by atoms with E-state index in [9.17, 15) is 9.18 Å². The molecule has 2 unspecified atom stereocenters. The van der Waals surface area contributed by atoms with Crippen molar-refractivity contribution in [3.8, 4) is 5.75 Å². The Morgan fingerprint density at radius 2 is 2.14 bits per heavy atom. The molecule has 1 aromatic carbocycles. The minimum atomic E-state index is -0.376. The van der Waals surface area contributed by atoms with Crippen LogP contribution in [-0.2, 0) is 4.79 Å². The molecule has 0 spiro atoms. The molecule has 4 nitrogen and oxygen atoms in total. The van der Waals surface area contributed by atoms with Gasteiger partial charge < -0.3 is 15.8 Å². The molecule has 2 atom stereocenters. The number of carbonyl (C=O) groups excluding carboxylic acids is 1. The van der Waals surface area contributed by atoms with E-state index in [1.165, 1.54) is 6.07 Å². The van der Waals surface area contributed by atoms with E-state index in [-0.39, 0.29) is 35.9 Å². The Hall–Kier alpha value is -1.33. The monoisotopic (exact) mass is 330 g/mol. The van der Waals surface area contributed by atoms with Gasteiger partial charge in [0.1, 0.15) is 0 Å². The van der Waals surface area contributed by atoms with E-state index in [0.29, 0.717) is 31.9 Å². The lowest BCUT2D eigenvalue weighted by atomic mass is 10.0. The van der Waals surface area contributed by atoms with Crippen molar-refractivity contribution in [2.24, 2.45) is 11.7 Å². The molecule has 0 saturated heterocycles. The van der Waals surface area contributed by atoms with Crippen molar-refractivity contribution in [1.29, 1.82) is 0 Å². The third-order valence-corrected chi connectivity index (χ3v) is 3.95. The highest BCUT2D eigenvalue weighted by atomic mass is 35.5. The molecule has 0 aliphatic heterocycles. The molecule has 0 bridgehead atoms. The first-order valence-electron chi connectivity index (χ1n) is 7.57. The molecule has 1 aromatic rings. The summed E-state index contributed by atoms with van der Waals surface area (Å²) in [6.07, 6.45) is 4.20. The maximum absolute atomic E-state index is 13.3. The Labute approximate surface area is 137 Å². The summed E-state index contributed by atoms with van der Waals surface area (Å²) in [5.41, 5.74) is 5.69. The second-order valence-corrected chi connectivity index (χ2v) is 5.48. The molecular formula is C16H24ClFN2O2. The third kappa shape index (κ3) is 5.46. The summed E-state index contributed by atoms with van der Waals surface area (Å²) in [6, 6.07) is 6.49. The number of hydrogen-bond acceptors (Lipinski definition) is 3. The second-order valence-electron chi connectivity index (χ2n) is 5.48. The van der Waals surface area contributed by atoms with Crippen LogP contribution in [0.25, 0.3) is 0 Å². The van der Waals surface area contributed by atoms with Crippen molar-refractivity contribution in [3.05, 3.63) is 30.1 Å². The minimum absolute atomic E-state index is 0. The van der Waals surface area contributed by atoms with Crippen LogP contribution in [0.15, 0.2) is 24.3 Å². The quantitative estimate of drug-likeness (QED) is 0.755. The number of para-hydroxylation sites is 1. The summed E-state index contributed by atoms with van der Waals surface area (Å²) in [4.78, 5) is 11.9. The van der Waals surface area contributed by atoms with Crippen LogP contribution in [0.2, 0.25) is 0 Å². The zero-order chi connectivity index (χ0) is 15.1. The number of nitrogens with one attached hydrogen (secondary N) is 1. The molecule has 1 aliphatic rings. The fraction of sp³-hybridized carbons (Fsp3) is 0.562. The molecular weight excluding hydrogens is 307 g/mol. The van der Waals surface area contributed by atoms with E-state index in [4.69, 9.17) is 10.5 Å². The van der Waals surface area contributed by atoms with Gasteiger partial charge in [0.05, 0.1) is 6.61 Å². The highest BCUT2D eigenvalue weighted by Crippen LogP contribution is 2.24. The van der Waals surface area contributed by atoms with Gasteiger partial charge in [0.15, 0.2) is 11.6 Å². The Balaban J connectivity index is 0.00000242. The van der Waals surface area contributed by atoms with Crippen LogP contribution in [0.5, 0.6) is 5.75 Å². The molecule has 1 aliphatic carbocycles. The van der Waals surface area contributed by atoms with E-state index in [0.717, 1.165) is 19.3 Å². The van der Waals surface area contributed by atoms with Gasteiger partial charge in [-0.1, -0.05) is 18.6 Å². The molecule has 1 amide bonds. The molecule has 0 aromatic heterocycles. The van der Waals surface area contributed by atoms with Gasteiger partial charge in [0.25, 0.3) is 0 Å². The highest BCUT2D eigenvalue weighted by molar-refractivity contribution is 5.85. The summed E-state index contributed by atoms with van der Waals surface area (Å²) in [5.74, 6) is 0.289. The van der Waals surface area contributed by atoms with E-state index >= 15 is 0 Å². The van der Waals surface area contributed by atoms with Crippen LogP contribution < -0.4 is 15.8 Å². The molecule has 2 rings (SSSR count). The number of benzene rings is 1. The number of nitrogens with two attached hydrogens (primary N) is 1. The topological polar surface area (TPSA) is 64.3 Å². The van der Waals surface area contributed by atoms with Crippen LogP contribution in [0.3, 0.4) is 0 Å². The summed E-state index contributed by atoms with van der Waals surface area (Å²) in [7, 11) is 0. The zero-order valence-electron chi connectivity index (χ0n) is 12.6. The fourth-order valence-corrected chi connectivity index (χ4v) is 2.76. The van der Waals surface area contributed by atoms with Gasteiger partial charge in [-0.3, -0.25) is 4.79 Å². The first-order chi connectivity index (χ1) is 10.2. The number of carbonyl (C=O) groups is 1. The number of rotatable bonds is 7. The van der Waals surface area contributed by atoms with E-state index in [1.807, 2.05) is 0 Å². The third-order valence-electron chi connectivity index (χ3n) is 3.95. The molecule has 1 saturated carbocycles. The lowest BCUT2D eigenvalue weighted by Gasteiger charge is -2.19. The minimum Gasteiger partial charge on any atom is -0.491 e. The number of ether oxygens (including phenoxy) is 1. The van der Waals surface area contributed by atoms with Gasteiger partial charge in [0.2, 0.25) is 5.91 Å². The van der Waals surface area contributed by atoms with Crippen LogP contribution in [0.4, 0.5) is 4.39 Å². The smallest absolute Gasteiger partial charge is 0.220 e. The van der Waals surface area contributed by atoms with Gasteiger partial charge in [-0.15, -0.1) is 12.4 Å². The van der Waals surface area contributed by atoms with Crippen LogP contribution in [-0.4, -0.2) is 25.1 Å². The van der Waals surface area contributed by atoms with Crippen molar-refractivity contribution in [2.75, 3.05) is 13.2 Å². The number of halogens is 2. The Bertz CT molecular complexity index is 473. The SMILES string of the molecule is Cl.NCC1CCCC1NC(=O)CCCOc1ccccc1F. The number of amides is 1. The van der Waals surface area contributed by atoms with E-state index < -0.39 is 0 Å². The Morgan fingerprint density at radius 1 is 1.36 bits per heavy atom. The zero-order valence-corrected chi connectivity index (χ0v) is 13.4. The average Bonchev–Trinajstić information content (AvgIpc) is 2.92. The maximum atomic E-state index is 13.3. The van der Waals surface area contributed by atoms with Crippen molar-refractivity contribution in [2.45, 2.75) is 38.1 Å². The maximum Gasteiger partial charge on any atom is 0.220 e. The first kappa shape index (κ1) is 18.7. The normalized spacial score (nSPS) is 20.3. The van der Waals surface area contributed by atoms with Crippen molar-refractivity contribution in [1.82, 2.24) is 5.32 Å². The standard InChI is InChI=1S/C16H23FN2O2.ClH/c17-13-6-1-2-8-15(13)21-10-4-9-16(20)19-14-7-3-5-12(14)11-18;/h1-2,6,8,12,14H,3-5,7,9-11,18H2,(H,19,20);1H. The summed E-state index contributed by atoms with van der Waals surface area (Å²) < 4.78 is 18.6. The van der Waals surface area contributed by atoms with Crippen LogP contribution >= 0.6 is 12.4 Å². The molecule has 22 heavy (non-hydrogen) atoms. The molecule has 124 valence electrons. The Morgan fingerprint density at radius 3 is 2.86 bits per heavy atom. The van der Waals surface area contributed by atoms with Gasteiger partial charge >= 0.3 is 0 Å². The van der Waals surface area contributed by atoms with Gasteiger partial charge in [-0.25, -0.2) is 4.39 Å². The van der Waals surface area contributed by atoms with Gasteiger partial charge in [-0.05, 0) is 43.9 Å². The van der Waals surface area contributed by atoms with Crippen LogP contribution in [0, 0.1) is 11.7 Å². The van der Waals surface area contributed by atoms with Crippen molar-refractivity contribution >= 4 is 18.3 Å². The summed E-state index contributed by atoms with van der Waals surface area (Å²) in [6.45, 7) is 0.959. The predicted molar refractivity (Wildman–Crippen MR) is 86.7 cm³/mol.